The maximum atomic E-state index is 13.0. The topological polar surface area (TPSA) is 44.5 Å². The van der Waals surface area contributed by atoms with Crippen molar-refractivity contribution in [2.45, 2.75) is 6.61 Å². The van der Waals surface area contributed by atoms with E-state index >= 15 is 0 Å². The Morgan fingerprint density at radius 3 is 2.77 bits per heavy atom. The SMILES string of the molecule is COc1cc(F)c(Br)cc1CON. The normalized spacial score (nSPS) is 10.2. The molecule has 0 aliphatic heterocycles. The Hall–Kier alpha value is -0.650. The smallest absolute Gasteiger partial charge is 0.141 e. The molecule has 1 aromatic carbocycles. The number of hydrogen-bond acceptors (Lipinski definition) is 3. The Bertz CT molecular complexity index is 306. The van der Waals surface area contributed by atoms with Crippen LogP contribution in [-0.4, -0.2) is 7.11 Å². The van der Waals surface area contributed by atoms with Crippen molar-refractivity contribution in [2.24, 2.45) is 5.90 Å². The number of rotatable bonds is 3. The van der Waals surface area contributed by atoms with E-state index in [4.69, 9.17) is 10.6 Å². The van der Waals surface area contributed by atoms with E-state index in [2.05, 4.69) is 20.8 Å². The largest absolute Gasteiger partial charge is 0.496 e. The lowest BCUT2D eigenvalue weighted by Crippen LogP contribution is -2.01. The van der Waals surface area contributed by atoms with Gasteiger partial charge >= 0.3 is 0 Å². The molecule has 1 rings (SSSR count). The van der Waals surface area contributed by atoms with Crippen LogP contribution in [0.3, 0.4) is 0 Å². The Morgan fingerprint density at radius 2 is 2.23 bits per heavy atom. The Labute approximate surface area is 83.7 Å². The van der Waals surface area contributed by atoms with Crippen LogP contribution in [0.2, 0.25) is 0 Å². The molecular weight excluding hydrogens is 241 g/mol. The van der Waals surface area contributed by atoms with Crippen molar-refractivity contribution in [1.82, 2.24) is 0 Å². The summed E-state index contributed by atoms with van der Waals surface area (Å²) in [6, 6.07) is 2.85. The van der Waals surface area contributed by atoms with E-state index in [1.54, 1.807) is 6.07 Å². The first-order valence-corrected chi connectivity index (χ1v) is 4.32. The summed E-state index contributed by atoms with van der Waals surface area (Å²) in [6.07, 6.45) is 0. The lowest BCUT2D eigenvalue weighted by Gasteiger charge is -2.08. The minimum Gasteiger partial charge on any atom is -0.496 e. The fraction of sp³-hybridized carbons (Fsp3) is 0.250. The van der Waals surface area contributed by atoms with Crippen LogP contribution in [0.5, 0.6) is 5.75 Å². The molecule has 0 fully saturated rings. The molecule has 72 valence electrons. The number of benzene rings is 1. The maximum absolute atomic E-state index is 13.0. The highest BCUT2D eigenvalue weighted by molar-refractivity contribution is 9.10. The van der Waals surface area contributed by atoms with Gasteiger partial charge in [0.2, 0.25) is 0 Å². The van der Waals surface area contributed by atoms with Gasteiger partial charge in [-0.15, -0.1) is 0 Å². The Kier molecular flexibility index (Phi) is 3.65. The van der Waals surface area contributed by atoms with E-state index < -0.39 is 0 Å². The summed E-state index contributed by atoms with van der Waals surface area (Å²) >= 11 is 3.05. The van der Waals surface area contributed by atoms with Gasteiger partial charge in [0.1, 0.15) is 11.6 Å². The van der Waals surface area contributed by atoms with Crippen LogP contribution in [0, 0.1) is 5.82 Å². The Balaban J connectivity index is 3.09. The third kappa shape index (κ3) is 2.40. The maximum Gasteiger partial charge on any atom is 0.141 e. The van der Waals surface area contributed by atoms with E-state index in [1.807, 2.05) is 0 Å². The van der Waals surface area contributed by atoms with Crippen LogP contribution >= 0.6 is 15.9 Å². The molecule has 0 saturated carbocycles. The average molecular weight is 250 g/mol. The van der Waals surface area contributed by atoms with Gasteiger partial charge in [-0.3, -0.25) is 4.84 Å². The lowest BCUT2D eigenvalue weighted by atomic mass is 10.2. The molecule has 0 atom stereocenters. The molecule has 0 radical (unpaired) electrons. The minimum absolute atomic E-state index is 0.183. The molecule has 0 aliphatic carbocycles. The van der Waals surface area contributed by atoms with Gasteiger partial charge < -0.3 is 4.74 Å². The predicted octanol–water partition coefficient (Wildman–Crippen LogP) is 1.99. The van der Waals surface area contributed by atoms with Crippen LogP contribution in [-0.2, 0) is 11.4 Å². The summed E-state index contributed by atoms with van der Waals surface area (Å²) in [5.74, 6) is 4.95. The molecule has 0 saturated heterocycles. The van der Waals surface area contributed by atoms with Crippen LogP contribution < -0.4 is 10.6 Å². The second-order valence-corrected chi connectivity index (χ2v) is 3.24. The van der Waals surface area contributed by atoms with Crippen LogP contribution in [0.1, 0.15) is 5.56 Å². The highest BCUT2D eigenvalue weighted by Gasteiger charge is 2.08. The zero-order chi connectivity index (χ0) is 9.84. The molecule has 0 heterocycles. The summed E-state index contributed by atoms with van der Waals surface area (Å²) in [5, 5.41) is 0. The number of methoxy groups -OCH3 is 1. The predicted molar refractivity (Wildman–Crippen MR) is 49.6 cm³/mol. The van der Waals surface area contributed by atoms with Gasteiger partial charge in [0.15, 0.2) is 0 Å². The Morgan fingerprint density at radius 1 is 1.54 bits per heavy atom. The summed E-state index contributed by atoms with van der Waals surface area (Å²) in [6.45, 7) is 0.183. The van der Waals surface area contributed by atoms with E-state index in [1.165, 1.54) is 13.2 Å². The minimum atomic E-state index is -0.377. The first-order valence-electron chi connectivity index (χ1n) is 3.52. The van der Waals surface area contributed by atoms with Crippen LogP contribution in [0.4, 0.5) is 4.39 Å². The highest BCUT2D eigenvalue weighted by Crippen LogP contribution is 2.26. The van der Waals surface area contributed by atoms with Crippen molar-refractivity contribution in [3.8, 4) is 5.75 Å². The molecule has 13 heavy (non-hydrogen) atoms. The van der Waals surface area contributed by atoms with Gasteiger partial charge in [-0.1, -0.05) is 0 Å². The number of nitrogens with two attached hydrogens (primary N) is 1. The molecule has 0 spiro atoms. The molecule has 1 aromatic rings. The summed E-state index contributed by atoms with van der Waals surface area (Å²) in [5.41, 5.74) is 0.693. The van der Waals surface area contributed by atoms with Crippen molar-refractivity contribution in [3.63, 3.8) is 0 Å². The monoisotopic (exact) mass is 249 g/mol. The number of ether oxygens (including phenoxy) is 1. The molecule has 5 heteroatoms. The van der Waals surface area contributed by atoms with E-state index in [0.717, 1.165) is 0 Å². The van der Waals surface area contributed by atoms with Crippen molar-refractivity contribution < 1.29 is 14.0 Å². The number of halogens is 2. The second kappa shape index (κ2) is 4.55. The van der Waals surface area contributed by atoms with Gasteiger partial charge in [0, 0.05) is 11.6 Å². The lowest BCUT2D eigenvalue weighted by molar-refractivity contribution is 0.122. The third-order valence-electron chi connectivity index (χ3n) is 1.56. The van der Waals surface area contributed by atoms with Gasteiger partial charge in [-0.05, 0) is 22.0 Å². The van der Waals surface area contributed by atoms with E-state index in [0.29, 0.717) is 15.8 Å². The van der Waals surface area contributed by atoms with Gasteiger partial charge in [-0.2, -0.15) is 0 Å². The molecule has 0 amide bonds. The van der Waals surface area contributed by atoms with Gasteiger partial charge in [0.25, 0.3) is 0 Å². The molecule has 0 aliphatic rings. The van der Waals surface area contributed by atoms with Crippen molar-refractivity contribution in [3.05, 3.63) is 28.0 Å². The highest BCUT2D eigenvalue weighted by atomic mass is 79.9. The standard InChI is InChI=1S/C8H9BrFNO2/c1-12-8-3-7(10)6(9)2-5(8)4-13-11/h2-3H,4,11H2,1H3. The second-order valence-electron chi connectivity index (χ2n) is 2.39. The first kappa shape index (κ1) is 10.4. The van der Waals surface area contributed by atoms with Gasteiger partial charge in [-0.25, -0.2) is 10.3 Å². The summed E-state index contributed by atoms with van der Waals surface area (Å²) in [4.78, 5) is 4.44. The zero-order valence-corrected chi connectivity index (χ0v) is 8.60. The van der Waals surface area contributed by atoms with Crippen molar-refractivity contribution in [1.29, 1.82) is 0 Å². The number of hydrogen-bond donors (Lipinski definition) is 1. The van der Waals surface area contributed by atoms with Crippen molar-refractivity contribution in [2.75, 3.05) is 7.11 Å². The molecule has 0 aromatic heterocycles. The molecule has 0 bridgehead atoms. The van der Waals surface area contributed by atoms with Crippen LogP contribution in [0.15, 0.2) is 16.6 Å². The van der Waals surface area contributed by atoms with Crippen molar-refractivity contribution >= 4 is 15.9 Å². The fourth-order valence-corrected chi connectivity index (χ4v) is 1.35. The quantitative estimate of drug-likeness (QED) is 0.834. The fourth-order valence-electron chi connectivity index (χ4n) is 0.962. The van der Waals surface area contributed by atoms with E-state index in [9.17, 15) is 4.39 Å². The molecule has 3 nitrogen and oxygen atoms in total. The zero-order valence-electron chi connectivity index (χ0n) is 7.01. The molecule has 2 N–H and O–H groups in total. The first-order chi connectivity index (χ1) is 6.19. The summed E-state index contributed by atoms with van der Waals surface area (Å²) in [7, 11) is 1.46. The third-order valence-corrected chi connectivity index (χ3v) is 2.17. The molecular formula is C8H9BrFNO2. The summed E-state index contributed by atoms with van der Waals surface area (Å²) < 4.78 is 18.3. The van der Waals surface area contributed by atoms with Crippen LogP contribution in [0.25, 0.3) is 0 Å². The van der Waals surface area contributed by atoms with E-state index in [-0.39, 0.29) is 12.4 Å². The van der Waals surface area contributed by atoms with Gasteiger partial charge in [0.05, 0.1) is 18.2 Å². The average Bonchev–Trinajstić information content (AvgIpc) is 2.11. The molecule has 0 unspecified atom stereocenters.